The minimum atomic E-state index is -3.62. The van der Waals surface area contributed by atoms with Gasteiger partial charge in [-0.05, 0) is 24.3 Å². The minimum Gasteiger partial charge on any atom is -0.404 e. The highest BCUT2D eigenvalue weighted by Gasteiger charge is 2.29. The highest BCUT2D eigenvalue weighted by molar-refractivity contribution is 7.99. The van der Waals surface area contributed by atoms with Gasteiger partial charge in [0.1, 0.15) is 5.75 Å². The van der Waals surface area contributed by atoms with Gasteiger partial charge in [-0.15, -0.1) is 0 Å². The van der Waals surface area contributed by atoms with E-state index >= 15 is 0 Å². The number of unbranched alkanes of at least 4 members (excludes halogenated alkanes) is 15. The lowest BCUT2D eigenvalue weighted by molar-refractivity contribution is 0.154. The Kier molecular flexibility index (Phi) is 21.1. The zero-order valence-electron chi connectivity index (χ0n) is 22.9. The number of phosphoric ester groups is 1. The highest BCUT2D eigenvalue weighted by atomic mass is 32.2. The molecule has 0 fully saturated rings. The first-order chi connectivity index (χ1) is 17.1. The van der Waals surface area contributed by atoms with Gasteiger partial charge in [-0.2, -0.15) is 11.8 Å². The molecule has 204 valence electrons. The van der Waals surface area contributed by atoms with Crippen molar-refractivity contribution in [2.45, 2.75) is 129 Å². The maximum Gasteiger partial charge on any atom is 0.530 e. The van der Waals surface area contributed by atoms with Crippen molar-refractivity contribution in [3.63, 3.8) is 0 Å². The molecule has 35 heavy (non-hydrogen) atoms. The Morgan fingerprint density at radius 2 is 1.20 bits per heavy atom. The highest BCUT2D eigenvalue weighted by Crippen LogP contribution is 2.50. The lowest BCUT2D eigenvalue weighted by Crippen LogP contribution is -2.11. The van der Waals surface area contributed by atoms with Crippen LogP contribution < -0.4 is 4.52 Å². The van der Waals surface area contributed by atoms with Crippen molar-refractivity contribution < 1.29 is 18.1 Å². The van der Waals surface area contributed by atoms with E-state index in [0.29, 0.717) is 19.0 Å². The van der Waals surface area contributed by atoms with Crippen LogP contribution in [0.1, 0.15) is 124 Å². The monoisotopic (exact) mass is 528 g/mol. The molecule has 2 unspecified atom stereocenters. The molecule has 0 saturated carbocycles. The first-order valence-electron chi connectivity index (χ1n) is 14.3. The van der Waals surface area contributed by atoms with Gasteiger partial charge in [-0.1, -0.05) is 135 Å². The molecule has 1 aromatic carbocycles. The van der Waals surface area contributed by atoms with E-state index in [9.17, 15) is 4.57 Å². The van der Waals surface area contributed by atoms with Crippen LogP contribution in [-0.2, 0) is 13.6 Å². The van der Waals surface area contributed by atoms with Crippen molar-refractivity contribution in [2.75, 3.05) is 19.0 Å². The van der Waals surface area contributed by atoms with Crippen LogP contribution in [0.25, 0.3) is 0 Å². The van der Waals surface area contributed by atoms with E-state index in [1.165, 1.54) is 89.9 Å². The van der Waals surface area contributed by atoms with E-state index in [1.54, 1.807) is 23.9 Å². The molecule has 0 amide bonds. The topological polar surface area (TPSA) is 44.8 Å². The van der Waals surface area contributed by atoms with Gasteiger partial charge in [0, 0.05) is 5.25 Å². The third-order valence-corrected chi connectivity index (χ3v) is 8.56. The van der Waals surface area contributed by atoms with Gasteiger partial charge < -0.3 is 4.52 Å². The fourth-order valence-electron chi connectivity index (χ4n) is 4.06. The van der Waals surface area contributed by atoms with Crippen LogP contribution in [0.15, 0.2) is 30.3 Å². The molecule has 4 nitrogen and oxygen atoms in total. The van der Waals surface area contributed by atoms with Gasteiger partial charge in [0.25, 0.3) is 0 Å². The van der Waals surface area contributed by atoms with Crippen LogP contribution in [0.5, 0.6) is 5.75 Å². The lowest BCUT2D eigenvalue weighted by Gasteiger charge is -2.20. The molecule has 0 aliphatic carbocycles. The summed E-state index contributed by atoms with van der Waals surface area (Å²) in [5, 5.41) is 0.242. The molecule has 0 aliphatic heterocycles. The molecular formula is C29H53O4PS. The summed E-state index contributed by atoms with van der Waals surface area (Å²) in [6.07, 6.45) is 21.2. The number of para-hydroxylation sites is 1. The van der Waals surface area contributed by atoms with E-state index in [1.807, 2.05) is 18.2 Å². The second kappa shape index (κ2) is 22.7. The second-order valence-electron chi connectivity index (χ2n) is 9.55. The number of rotatable bonds is 25. The van der Waals surface area contributed by atoms with Crippen molar-refractivity contribution in [3.05, 3.63) is 30.3 Å². The number of hydrogen-bond acceptors (Lipinski definition) is 5. The molecule has 1 aromatic rings. The van der Waals surface area contributed by atoms with E-state index in [-0.39, 0.29) is 5.25 Å². The summed E-state index contributed by atoms with van der Waals surface area (Å²) in [7, 11) is -3.62. The third kappa shape index (κ3) is 19.3. The summed E-state index contributed by atoms with van der Waals surface area (Å²) in [6.45, 7) is 7.20. The smallest absolute Gasteiger partial charge is 0.404 e. The summed E-state index contributed by atoms with van der Waals surface area (Å²) in [5.41, 5.74) is 0. The molecule has 6 heteroatoms. The summed E-state index contributed by atoms with van der Waals surface area (Å²) in [4.78, 5) is 0. The van der Waals surface area contributed by atoms with Gasteiger partial charge in [-0.3, -0.25) is 9.05 Å². The predicted molar refractivity (Wildman–Crippen MR) is 154 cm³/mol. The molecule has 0 saturated heterocycles. The molecule has 2 atom stereocenters. The first-order valence-corrected chi connectivity index (χ1v) is 16.9. The maximum atomic E-state index is 13.2. The maximum absolute atomic E-state index is 13.2. The van der Waals surface area contributed by atoms with Gasteiger partial charge in [-0.25, -0.2) is 4.57 Å². The molecule has 0 radical (unpaired) electrons. The number of benzene rings is 1. The summed E-state index contributed by atoms with van der Waals surface area (Å²) in [5.74, 6) is 1.51. The minimum absolute atomic E-state index is 0.242. The van der Waals surface area contributed by atoms with Gasteiger partial charge in [0.05, 0.1) is 13.2 Å². The molecule has 0 bridgehead atoms. The molecule has 0 N–H and O–H groups in total. The largest absolute Gasteiger partial charge is 0.530 e. The van der Waals surface area contributed by atoms with E-state index in [0.717, 1.165) is 18.6 Å². The van der Waals surface area contributed by atoms with E-state index in [2.05, 4.69) is 20.8 Å². The van der Waals surface area contributed by atoms with Crippen molar-refractivity contribution >= 4 is 19.6 Å². The Morgan fingerprint density at radius 3 is 1.69 bits per heavy atom. The first kappa shape index (κ1) is 32.5. The number of phosphoric acid groups is 1. The van der Waals surface area contributed by atoms with Gasteiger partial charge in [0.2, 0.25) is 0 Å². The van der Waals surface area contributed by atoms with Crippen LogP contribution in [0.4, 0.5) is 0 Å². The van der Waals surface area contributed by atoms with Crippen molar-refractivity contribution in [1.82, 2.24) is 0 Å². The van der Waals surface area contributed by atoms with Crippen LogP contribution in [0.3, 0.4) is 0 Å². The molecule has 0 spiro atoms. The van der Waals surface area contributed by atoms with Gasteiger partial charge >= 0.3 is 7.82 Å². The van der Waals surface area contributed by atoms with Crippen molar-refractivity contribution in [3.8, 4) is 5.75 Å². The summed E-state index contributed by atoms with van der Waals surface area (Å²) in [6, 6.07) is 9.15. The molecule has 1 rings (SSSR count). The van der Waals surface area contributed by atoms with E-state index in [4.69, 9.17) is 13.6 Å². The van der Waals surface area contributed by atoms with Gasteiger partial charge in [0.15, 0.2) is 0 Å². The summed E-state index contributed by atoms with van der Waals surface area (Å²) < 4.78 is 30.2. The van der Waals surface area contributed by atoms with Crippen LogP contribution >= 0.6 is 19.6 Å². The molecule has 0 aromatic heterocycles. The zero-order valence-corrected chi connectivity index (χ0v) is 24.6. The zero-order chi connectivity index (χ0) is 25.5. The normalized spacial score (nSPS) is 14.0. The average molecular weight is 529 g/mol. The second-order valence-corrected chi connectivity index (χ2v) is 12.9. The molecule has 0 heterocycles. The van der Waals surface area contributed by atoms with Crippen LogP contribution in [0, 0.1) is 0 Å². The SMILES string of the molecule is CCCCCCCCCCCCCCCCCCOP(=O)(OCC(C)SCC)Oc1ccccc1. The lowest BCUT2D eigenvalue weighted by atomic mass is 10.0. The Morgan fingerprint density at radius 1 is 0.714 bits per heavy atom. The number of thioether (sulfide) groups is 1. The predicted octanol–water partition coefficient (Wildman–Crippen LogP) is 10.6. The third-order valence-electron chi connectivity index (χ3n) is 6.13. The van der Waals surface area contributed by atoms with E-state index < -0.39 is 7.82 Å². The molecule has 0 aliphatic rings. The average Bonchev–Trinajstić information content (AvgIpc) is 2.85. The summed E-state index contributed by atoms with van der Waals surface area (Å²) >= 11 is 1.77. The Balaban J connectivity index is 2.08. The fourth-order valence-corrected chi connectivity index (χ4v) is 6.21. The Labute approximate surface area is 221 Å². The quantitative estimate of drug-likeness (QED) is 0.0932. The van der Waals surface area contributed by atoms with Crippen LogP contribution in [-0.4, -0.2) is 24.2 Å². The Bertz CT molecular complexity index is 628. The Hall–Kier alpha value is -0.480. The van der Waals surface area contributed by atoms with Crippen molar-refractivity contribution in [1.29, 1.82) is 0 Å². The molecular weight excluding hydrogens is 475 g/mol. The van der Waals surface area contributed by atoms with Crippen molar-refractivity contribution in [2.24, 2.45) is 0 Å². The number of hydrogen-bond donors (Lipinski definition) is 0. The fraction of sp³-hybridized carbons (Fsp3) is 0.793. The van der Waals surface area contributed by atoms with Crippen LogP contribution in [0.2, 0.25) is 0 Å². The standard InChI is InChI=1S/C29H53O4PS/c1-4-6-7-8-9-10-11-12-13-14-15-16-17-18-19-23-26-31-34(30,32-27-28(3)35-5-2)33-29-24-21-20-22-25-29/h20-22,24-25,28H,4-19,23,26-27H2,1-3H3.